The van der Waals surface area contributed by atoms with Crippen molar-refractivity contribution in [2.24, 2.45) is 0 Å². The fourth-order valence-corrected chi connectivity index (χ4v) is 4.47. The first-order chi connectivity index (χ1) is 10.4. The summed E-state index contributed by atoms with van der Waals surface area (Å²) in [6.07, 6.45) is 2.52. The van der Waals surface area contributed by atoms with E-state index in [1.807, 2.05) is 20.8 Å². The maximum Gasteiger partial charge on any atom is 0.214 e. The quantitative estimate of drug-likeness (QED) is 0.798. The molecule has 126 valence electrons. The van der Waals surface area contributed by atoms with Gasteiger partial charge in [-0.3, -0.25) is 4.90 Å². The largest absolute Gasteiger partial charge is 0.361 e. The number of hydrogen-bond acceptors (Lipinski definition) is 5. The smallest absolute Gasteiger partial charge is 0.214 e. The van der Waals surface area contributed by atoms with Gasteiger partial charge in [0.25, 0.3) is 0 Å². The highest BCUT2D eigenvalue weighted by Gasteiger charge is 2.25. The zero-order chi connectivity index (χ0) is 16.2. The molecule has 0 bridgehead atoms. The summed E-state index contributed by atoms with van der Waals surface area (Å²) in [4.78, 5) is 2.29. The molecule has 1 aromatic rings. The average molecular weight is 329 g/mol. The zero-order valence-electron chi connectivity index (χ0n) is 13.8. The maximum atomic E-state index is 12.3. The molecule has 0 amide bonds. The van der Waals surface area contributed by atoms with E-state index in [4.69, 9.17) is 4.52 Å². The van der Waals surface area contributed by atoms with Crippen LogP contribution in [-0.2, 0) is 16.6 Å². The number of aryl methyl sites for hydroxylation is 2. The lowest BCUT2D eigenvalue weighted by Crippen LogP contribution is -2.36. The van der Waals surface area contributed by atoms with Gasteiger partial charge in [-0.15, -0.1) is 0 Å². The summed E-state index contributed by atoms with van der Waals surface area (Å²) >= 11 is 0. The van der Waals surface area contributed by atoms with Crippen molar-refractivity contribution in [3.63, 3.8) is 0 Å². The predicted octanol–water partition coefficient (Wildman–Crippen LogP) is 1.93. The first kappa shape index (κ1) is 17.4. The van der Waals surface area contributed by atoms with Crippen LogP contribution in [0.25, 0.3) is 0 Å². The lowest BCUT2D eigenvalue weighted by molar-refractivity contribution is 0.276. The second-order valence-corrected chi connectivity index (χ2v) is 8.09. The molecular weight excluding hydrogens is 302 g/mol. The first-order valence-electron chi connectivity index (χ1n) is 8.06. The van der Waals surface area contributed by atoms with Gasteiger partial charge in [-0.1, -0.05) is 18.5 Å². The molecule has 1 aromatic heterocycles. The van der Waals surface area contributed by atoms with E-state index in [0.29, 0.717) is 13.1 Å². The molecule has 0 N–H and O–H groups in total. The molecule has 1 saturated heterocycles. The molecule has 0 saturated carbocycles. The van der Waals surface area contributed by atoms with E-state index in [1.165, 1.54) is 0 Å². The van der Waals surface area contributed by atoms with Crippen LogP contribution in [-0.4, -0.2) is 54.7 Å². The van der Waals surface area contributed by atoms with Crippen LogP contribution in [0.15, 0.2) is 4.52 Å². The molecule has 0 aromatic carbocycles. The van der Waals surface area contributed by atoms with E-state index in [-0.39, 0.29) is 5.75 Å². The highest BCUT2D eigenvalue weighted by atomic mass is 32.2. The third kappa shape index (κ3) is 4.30. The van der Waals surface area contributed by atoms with Crippen LogP contribution >= 0.6 is 0 Å². The summed E-state index contributed by atoms with van der Waals surface area (Å²) in [7, 11) is -3.09. The standard InChI is InChI=1S/C15H27N3O3S/c1-4-5-11-22(19,20)18-8-6-7-17(9-10-18)12-15-13(2)16-21-14(15)3/h4-12H2,1-3H3. The van der Waals surface area contributed by atoms with Crippen LogP contribution in [0, 0.1) is 13.8 Å². The molecule has 0 aliphatic carbocycles. The van der Waals surface area contributed by atoms with Crippen molar-refractivity contribution >= 4 is 10.0 Å². The van der Waals surface area contributed by atoms with E-state index in [9.17, 15) is 8.42 Å². The summed E-state index contributed by atoms with van der Waals surface area (Å²) in [6, 6.07) is 0. The first-order valence-corrected chi connectivity index (χ1v) is 9.67. The Morgan fingerprint density at radius 2 is 1.95 bits per heavy atom. The molecule has 0 unspecified atom stereocenters. The Balaban J connectivity index is 1.95. The minimum absolute atomic E-state index is 0.271. The van der Waals surface area contributed by atoms with Gasteiger partial charge in [-0.25, -0.2) is 12.7 Å². The van der Waals surface area contributed by atoms with Gasteiger partial charge in [0.05, 0.1) is 11.4 Å². The highest BCUT2D eigenvalue weighted by Crippen LogP contribution is 2.17. The minimum Gasteiger partial charge on any atom is -0.361 e. The Bertz CT molecular complexity index is 563. The van der Waals surface area contributed by atoms with E-state index in [1.54, 1.807) is 4.31 Å². The van der Waals surface area contributed by atoms with Crippen LogP contribution in [0.3, 0.4) is 0 Å². The molecule has 2 rings (SSSR count). The van der Waals surface area contributed by atoms with Crippen molar-refractivity contribution in [1.82, 2.24) is 14.4 Å². The van der Waals surface area contributed by atoms with Crippen molar-refractivity contribution in [1.29, 1.82) is 0 Å². The lowest BCUT2D eigenvalue weighted by Gasteiger charge is -2.21. The van der Waals surface area contributed by atoms with Gasteiger partial charge in [0.1, 0.15) is 5.76 Å². The number of hydrogen-bond donors (Lipinski definition) is 0. The summed E-state index contributed by atoms with van der Waals surface area (Å²) < 4.78 is 31.5. The molecule has 1 aliphatic rings. The predicted molar refractivity (Wildman–Crippen MR) is 86.1 cm³/mol. The summed E-state index contributed by atoms with van der Waals surface area (Å²) in [6.45, 7) is 9.55. The number of unbranched alkanes of at least 4 members (excludes halogenated alkanes) is 1. The monoisotopic (exact) mass is 329 g/mol. The van der Waals surface area contributed by atoms with Gasteiger partial charge in [0, 0.05) is 31.7 Å². The summed E-state index contributed by atoms with van der Waals surface area (Å²) in [5.41, 5.74) is 2.05. The Kier molecular flexibility index (Phi) is 6.00. The Morgan fingerprint density at radius 1 is 1.18 bits per heavy atom. The van der Waals surface area contributed by atoms with Crippen molar-refractivity contribution in [2.45, 2.75) is 46.6 Å². The fourth-order valence-electron chi connectivity index (χ4n) is 2.79. The average Bonchev–Trinajstić information content (AvgIpc) is 2.70. The summed E-state index contributed by atoms with van der Waals surface area (Å²) in [5, 5.41) is 3.99. The second kappa shape index (κ2) is 7.57. The normalized spacial score (nSPS) is 18.5. The number of rotatable bonds is 6. The minimum atomic E-state index is -3.09. The maximum absolute atomic E-state index is 12.3. The van der Waals surface area contributed by atoms with Crippen molar-refractivity contribution < 1.29 is 12.9 Å². The topological polar surface area (TPSA) is 66.7 Å². The lowest BCUT2D eigenvalue weighted by atomic mass is 10.2. The summed E-state index contributed by atoms with van der Waals surface area (Å²) in [5.74, 6) is 1.13. The molecule has 1 fully saturated rings. The van der Waals surface area contributed by atoms with Crippen molar-refractivity contribution in [3.05, 3.63) is 17.0 Å². The van der Waals surface area contributed by atoms with Crippen LogP contribution in [0.1, 0.15) is 43.2 Å². The van der Waals surface area contributed by atoms with E-state index >= 15 is 0 Å². The highest BCUT2D eigenvalue weighted by molar-refractivity contribution is 7.89. The van der Waals surface area contributed by atoms with E-state index < -0.39 is 10.0 Å². The van der Waals surface area contributed by atoms with Gasteiger partial charge in [-0.05, 0) is 33.2 Å². The van der Waals surface area contributed by atoms with Crippen LogP contribution in [0.5, 0.6) is 0 Å². The number of aromatic nitrogens is 1. The van der Waals surface area contributed by atoms with Crippen molar-refractivity contribution in [2.75, 3.05) is 31.9 Å². The van der Waals surface area contributed by atoms with Gasteiger partial charge in [0.15, 0.2) is 0 Å². The van der Waals surface area contributed by atoms with Gasteiger partial charge >= 0.3 is 0 Å². The number of nitrogens with zero attached hydrogens (tertiary/aromatic N) is 3. The Hall–Kier alpha value is -0.920. The van der Waals surface area contributed by atoms with Crippen LogP contribution in [0.4, 0.5) is 0 Å². The third-order valence-corrected chi connectivity index (χ3v) is 6.22. The van der Waals surface area contributed by atoms with Crippen LogP contribution in [0.2, 0.25) is 0 Å². The molecule has 7 heteroatoms. The fraction of sp³-hybridized carbons (Fsp3) is 0.800. The molecule has 1 aliphatic heterocycles. The third-order valence-electron chi connectivity index (χ3n) is 4.26. The Morgan fingerprint density at radius 3 is 2.59 bits per heavy atom. The second-order valence-electron chi connectivity index (χ2n) is 6.00. The molecule has 0 atom stereocenters. The van der Waals surface area contributed by atoms with Gasteiger partial charge in [-0.2, -0.15) is 0 Å². The molecular formula is C15H27N3O3S. The van der Waals surface area contributed by atoms with Crippen molar-refractivity contribution in [3.8, 4) is 0 Å². The van der Waals surface area contributed by atoms with Gasteiger partial charge in [0.2, 0.25) is 10.0 Å². The number of sulfonamides is 1. The van der Waals surface area contributed by atoms with Crippen LogP contribution < -0.4 is 0 Å². The Labute approximate surface area is 133 Å². The molecule has 0 spiro atoms. The molecule has 2 heterocycles. The van der Waals surface area contributed by atoms with E-state index in [0.717, 1.165) is 55.9 Å². The molecule has 6 nitrogen and oxygen atoms in total. The SMILES string of the molecule is CCCCS(=O)(=O)N1CCCN(Cc2c(C)noc2C)CC1. The zero-order valence-corrected chi connectivity index (χ0v) is 14.7. The van der Waals surface area contributed by atoms with Gasteiger partial charge < -0.3 is 4.52 Å². The molecule has 0 radical (unpaired) electrons. The van der Waals surface area contributed by atoms with E-state index in [2.05, 4.69) is 10.1 Å². The molecule has 22 heavy (non-hydrogen) atoms.